The number of carbonyl (C=O) groups is 4. The summed E-state index contributed by atoms with van der Waals surface area (Å²) in [6.07, 6.45) is -3.68. The molecule has 296 valence electrons. The predicted octanol–water partition coefficient (Wildman–Crippen LogP) is 2.03. The fraction of sp³-hybridized carbons (Fsp3) is 0.486. The molecule has 19 nitrogen and oxygen atoms in total. The normalized spacial score (nSPS) is 28.1. The number of imidazole rings is 1. The number of aliphatic hydroxyl groups is 1. The van der Waals surface area contributed by atoms with Crippen LogP contribution in [0.25, 0.3) is 0 Å². The maximum Gasteiger partial charge on any atom is 0.434 e. The third-order valence-electron chi connectivity index (χ3n) is 11.6. The number of amides is 1. The predicted molar refractivity (Wildman–Crippen MR) is 187 cm³/mol. The Kier molecular flexibility index (Phi) is 9.11. The lowest BCUT2D eigenvalue weighted by atomic mass is 9.72. The molecule has 3 saturated heterocycles. The Labute approximate surface area is 318 Å². The van der Waals surface area contributed by atoms with Gasteiger partial charge >= 0.3 is 12.0 Å². The summed E-state index contributed by atoms with van der Waals surface area (Å²) < 4.78 is 31.1. The first-order valence-electron chi connectivity index (χ1n) is 18.0. The average Bonchev–Trinajstić information content (AvgIpc) is 3.73. The van der Waals surface area contributed by atoms with E-state index >= 15 is 0 Å². The van der Waals surface area contributed by atoms with E-state index in [1.54, 1.807) is 6.92 Å². The summed E-state index contributed by atoms with van der Waals surface area (Å²) in [7, 11) is 2.79. The zero-order valence-electron chi connectivity index (χ0n) is 30.8. The number of fused-ring (bicyclic) bond motifs is 6. The highest BCUT2D eigenvalue weighted by atomic mass is 16.7. The smallest absolute Gasteiger partial charge is 0.434 e. The number of aromatic hydroxyl groups is 2. The number of nitrogens with zero attached hydrogens (tertiary/aromatic N) is 5. The Bertz CT molecular complexity index is 2200. The van der Waals surface area contributed by atoms with E-state index in [0.717, 1.165) is 0 Å². The molecule has 56 heavy (non-hydrogen) atoms. The van der Waals surface area contributed by atoms with Gasteiger partial charge in [-0.2, -0.15) is 0 Å². The molecular weight excluding hydrogens is 738 g/mol. The summed E-state index contributed by atoms with van der Waals surface area (Å²) in [5.41, 5.74) is -2.84. The lowest BCUT2D eigenvalue weighted by Crippen LogP contribution is -2.57. The van der Waals surface area contributed by atoms with Gasteiger partial charge in [0.05, 0.1) is 49.6 Å². The fourth-order valence-corrected chi connectivity index (χ4v) is 8.69. The van der Waals surface area contributed by atoms with E-state index in [-0.39, 0.29) is 72.5 Å². The number of nitro groups is 1. The van der Waals surface area contributed by atoms with Crippen LogP contribution in [0.3, 0.4) is 0 Å². The fourth-order valence-electron chi connectivity index (χ4n) is 8.69. The zero-order valence-corrected chi connectivity index (χ0v) is 30.8. The monoisotopic (exact) mass is 777 g/mol. The van der Waals surface area contributed by atoms with E-state index < -0.39 is 93.8 Å². The summed E-state index contributed by atoms with van der Waals surface area (Å²) in [5, 5.41) is 46.2. The van der Waals surface area contributed by atoms with Gasteiger partial charge in [-0.05, 0) is 24.8 Å². The number of piperazine rings is 1. The van der Waals surface area contributed by atoms with Gasteiger partial charge in [0.25, 0.3) is 0 Å². The SMILES string of the molecule is COc1cccc2c1C(=O)c1c(O)c3c(c(O)c1C2=O)C[C@@](O)(C(C)=O)C[C@@H]3O[C@@H]1CC2C(OC3CN(C(=O)OCc4cnc([N+](=O)[O-])n4C)CCN32)[C@H](C)O1. The van der Waals surface area contributed by atoms with Crippen molar-refractivity contribution in [2.24, 2.45) is 7.05 Å². The molecule has 4 heterocycles. The van der Waals surface area contributed by atoms with Crippen LogP contribution < -0.4 is 4.74 Å². The first kappa shape index (κ1) is 37.5. The van der Waals surface area contributed by atoms with Gasteiger partial charge in [0.15, 0.2) is 30.2 Å². The number of phenolic OH excluding ortho intramolecular Hbond substituents is 2. The molecule has 2 aliphatic carbocycles. The third kappa shape index (κ3) is 5.80. The number of benzene rings is 2. The number of ether oxygens (including phenoxy) is 5. The first-order chi connectivity index (χ1) is 26.6. The maximum absolute atomic E-state index is 14.0. The van der Waals surface area contributed by atoms with Crippen LogP contribution in [0.2, 0.25) is 0 Å². The molecule has 3 aliphatic heterocycles. The Morgan fingerprint density at radius 1 is 1.11 bits per heavy atom. The van der Waals surface area contributed by atoms with Crippen LogP contribution in [0.1, 0.15) is 81.5 Å². The number of Topliss-reactive ketones (excluding diaryl/α,β-unsaturated/α-hetero) is 1. The van der Waals surface area contributed by atoms with Crippen molar-refractivity contribution in [2.45, 2.75) is 82.2 Å². The molecule has 3 N–H and O–H groups in total. The molecule has 0 bridgehead atoms. The second kappa shape index (κ2) is 13.6. The summed E-state index contributed by atoms with van der Waals surface area (Å²) in [6, 6.07) is 4.17. The van der Waals surface area contributed by atoms with E-state index in [1.807, 2.05) is 0 Å². The summed E-state index contributed by atoms with van der Waals surface area (Å²) in [5.74, 6) is -3.65. The lowest BCUT2D eigenvalue weighted by Gasteiger charge is -2.43. The van der Waals surface area contributed by atoms with E-state index in [4.69, 9.17) is 23.7 Å². The van der Waals surface area contributed by atoms with Gasteiger partial charge in [-0.15, -0.1) is 0 Å². The number of phenols is 2. The molecule has 3 fully saturated rings. The van der Waals surface area contributed by atoms with Gasteiger partial charge in [0, 0.05) is 55.1 Å². The number of ketones is 3. The molecule has 2 aromatic carbocycles. The van der Waals surface area contributed by atoms with Crippen molar-refractivity contribution in [3.8, 4) is 17.2 Å². The number of aromatic nitrogens is 2. The number of hydrogen-bond donors (Lipinski definition) is 3. The summed E-state index contributed by atoms with van der Waals surface area (Å²) in [6.45, 7) is 3.61. The summed E-state index contributed by atoms with van der Waals surface area (Å²) >= 11 is 0. The molecule has 0 saturated carbocycles. The molecule has 0 radical (unpaired) electrons. The van der Waals surface area contributed by atoms with Crippen molar-refractivity contribution in [2.75, 3.05) is 26.7 Å². The highest BCUT2D eigenvalue weighted by Gasteiger charge is 2.54. The van der Waals surface area contributed by atoms with Crippen LogP contribution in [-0.4, -0.2) is 126 Å². The Morgan fingerprint density at radius 3 is 2.55 bits per heavy atom. The molecular formula is C37H39N5O14. The Hall–Kier alpha value is -5.47. The van der Waals surface area contributed by atoms with Gasteiger partial charge in [0.1, 0.15) is 41.4 Å². The van der Waals surface area contributed by atoms with Crippen LogP contribution in [0, 0.1) is 10.1 Å². The van der Waals surface area contributed by atoms with Crippen molar-refractivity contribution in [1.29, 1.82) is 0 Å². The maximum atomic E-state index is 14.0. The molecule has 1 amide bonds. The van der Waals surface area contributed by atoms with Crippen LogP contribution >= 0.6 is 0 Å². The highest BCUT2D eigenvalue weighted by Crippen LogP contribution is 2.53. The van der Waals surface area contributed by atoms with Crippen LogP contribution in [0.5, 0.6) is 17.2 Å². The number of rotatable bonds is 7. The lowest BCUT2D eigenvalue weighted by molar-refractivity contribution is -0.396. The highest BCUT2D eigenvalue weighted by molar-refractivity contribution is 6.31. The van der Waals surface area contributed by atoms with Gasteiger partial charge in [-0.1, -0.05) is 17.1 Å². The molecule has 19 heteroatoms. The Balaban J connectivity index is 1.03. The molecule has 3 unspecified atom stereocenters. The van der Waals surface area contributed by atoms with Crippen molar-refractivity contribution in [1.82, 2.24) is 19.4 Å². The van der Waals surface area contributed by atoms with Crippen LogP contribution in [0.4, 0.5) is 10.7 Å². The van der Waals surface area contributed by atoms with E-state index in [1.165, 1.54) is 54.9 Å². The molecule has 0 spiro atoms. The quantitative estimate of drug-likeness (QED) is 0.138. The first-order valence-corrected chi connectivity index (χ1v) is 18.0. The van der Waals surface area contributed by atoms with Crippen molar-refractivity contribution < 1.29 is 63.1 Å². The van der Waals surface area contributed by atoms with E-state index in [9.17, 15) is 44.6 Å². The van der Waals surface area contributed by atoms with Crippen molar-refractivity contribution >= 4 is 29.4 Å². The number of methoxy groups -OCH3 is 1. The number of carbonyl (C=O) groups excluding carboxylic acids is 4. The molecule has 3 aromatic rings. The molecule has 5 aliphatic rings. The topological polar surface area (TPSA) is 243 Å². The summed E-state index contributed by atoms with van der Waals surface area (Å²) in [4.78, 5) is 71.5. The van der Waals surface area contributed by atoms with Gasteiger partial charge in [-0.3, -0.25) is 19.3 Å². The van der Waals surface area contributed by atoms with Crippen molar-refractivity contribution in [3.63, 3.8) is 0 Å². The molecule has 8 rings (SSSR count). The second-order valence-corrected chi connectivity index (χ2v) is 14.7. The Morgan fingerprint density at radius 2 is 1.86 bits per heavy atom. The van der Waals surface area contributed by atoms with E-state index in [2.05, 4.69) is 9.88 Å². The van der Waals surface area contributed by atoms with Gasteiger partial charge in [0.2, 0.25) is 5.78 Å². The van der Waals surface area contributed by atoms with Gasteiger partial charge < -0.3 is 54.0 Å². The van der Waals surface area contributed by atoms with E-state index in [0.29, 0.717) is 12.2 Å². The minimum atomic E-state index is -2.06. The van der Waals surface area contributed by atoms with Crippen LogP contribution in [-0.2, 0) is 43.8 Å². The second-order valence-electron chi connectivity index (χ2n) is 14.7. The third-order valence-corrected chi connectivity index (χ3v) is 11.6. The standard InChI is InChI=1S/C37H39N5O14/c1-16-34-21(41-9-8-40(14-24(41)56-34)36(48)53-15-18-13-38-35(39(18)3)42(50)51)10-25(54-16)55-23-12-37(49,17(2)43)11-20-27(23)33(47)29-28(31(20)45)30(44)19-6-5-7-22(52-4)26(19)32(29)46/h5-7,13,16,21,23-25,34,45,47,49H,8-12,14-15H2,1-4H3/t16-,21?,23-,24?,25+,34?,37-/m0/s1. The largest absolute Gasteiger partial charge is 0.507 e. The minimum Gasteiger partial charge on any atom is -0.507 e. The zero-order chi connectivity index (χ0) is 40.0. The van der Waals surface area contributed by atoms with Crippen molar-refractivity contribution in [3.05, 3.63) is 73.6 Å². The van der Waals surface area contributed by atoms with Gasteiger partial charge in [-0.25, -0.2) is 9.36 Å². The van der Waals surface area contributed by atoms with Crippen LogP contribution in [0.15, 0.2) is 24.4 Å². The molecule has 7 atom stereocenters. The minimum absolute atomic E-state index is 0.0335. The average molecular weight is 778 g/mol. The molecule has 1 aromatic heterocycles. The number of hydrogen-bond acceptors (Lipinski definition) is 16.